The van der Waals surface area contributed by atoms with Gasteiger partial charge in [0.05, 0.1) is 17.2 Å². The van der Waals surface area contributed by atoms with Crippen LogP contribution in [-0.4, -0.2) is 39.6 Å². The molecule has 0 saturated carbocycles. The third-order valence-corrected chi connectivity index (χ3v) is 5.80. The fraction of sp³-hybridized carbons (Fsp3) is 0.240. The van der Waals surface area contributed by atoms with Gasteiger partial charge in [0.2, 0.25) is 0 Å². The molecular weight excluding hydrogens is 393 g/mol. The zero-order valence-corrected chi connectivity index (χ0v) is 17.0. The molecule has 1 aromatic heterocycles. The molecule has 2 heterocycles. The van der Waals surface area contributed by atoms with Crippen molar-refractivity contribution in [1.29, 1.82) is 5.26 Å². The lowest BCUT2D eigenvalue weighted by Gasteiger charge is -2.38. The van der Waals surface area contributed by atoms with E-state index in [1.165, 1.54) is 18.2 Å². The van der Waals surface area contributed by atoms with Crippen LogP contribution < -0.4 is 0 Å². The van der Waals surface area contributed by atoms with Crippen molar-refractivity contribution < 1.29 is 14.3 Å². The fourth-order valence-corrected chi connectivity index (χ4v) is 4.02. The van der Waals surface area contributed by atoms with E-state index < -0.39 is 11.4 Å². The molecule has 0 atom stereocenters. The van der Waals surface area contributed by atoms with Gasteiger partial charge in [-0.05, 0) is 72.0 Å². The van der Waals surface area contributed by atoms with Crippen molar-refractivity contribution in [1.82, 2.24) is 9.88 Å². The molecule has 3 aromatic rings. The van der Waals surface area contributed by atoms with Crippen LogP contribution in [0.15, 0.2) is 67.0 Å². The molecule has 1 aliphatic heterocycles. The molecule has 1 fully saturated rings. The molecule has 0 bridgehead atoms. The van der Waals surface area contributed by atoms with Gasteiger partial charge < -0.3 is 10.0 Å². The molecule has 1 amide bonds. The highest BCUT2D eigenvalue weighted by molar-refractivity contribution is 6.01. The van der Waals surface area contributed by atoms with Crippen LogP contribution in [0.4, 0.5) is 4.39 Å². The number of pyridine rings is 1. The zero-order chi connectivity index (χ0) is 21.8. The predicted octanol–water partition coefficient (Wildman–Crippen LogP) is 3.97. The van der Waals surface area contributed by atoms with Crippen LogP contribution in [0.3, 0.4) is 0 Å². The Labute approximate surface area is 180 Å². The number of rotatable bonds is 4. The number of halogens is 1. The number of aromatic nitrogens is 1. The smallest absolute Gasteiger partial charge is 0.254 e. The Hall–Kier alpha value is -3.56. The second-order valence-corrected chi connectivity index (χ2v) is 7.93. The van der Waals surface area contributed by atoms with Gasteiger partial charge in [0.15, 0.2) is 0 Å². The minimum absolute atomic E-state index is 0.174. The second kappa shape index (κ2) is 8.66. The Morgan fingerprint density at radius 2 is 1.77 bits per heavy atom. The SMILES string of the molecule is N#Cc1ccc(CC2(O)CCN(C(=O)c3ccc(F)cc3-c3ccncc3)CC2)cc1. The molecule has 156 valence electrons. The van der Waals surface area contributed by atoms with Crippen molar-refractivity contribution in [3.8, 4) is 17.2 Å². The number of likely N-dealkylation sites (tertiary alicyclic amines) is 1. The number of carbonyl (C=O) groups excluding carboxylic acids is 1. The quantitative estimate of drug-likeness (QED) is 0.700. The number of nitrogens with zero attached hydrogens (tertiary/aromatic N) is 3. The summed E-state index contributed by atoms with van der Waals surface area (Å²) in [5.74, 6) is -0.578. The molecule has 0 unspecified atom stereocenters. The first-order chi connectivity index (χ1) is 15.0. The minimum atomic E-state index is -0.901. The Bertz CT molecular complexity index is 1120. The van der Waals surface area contributed by atoms with Crippen molar-refractivity contribution in [2.24, 2.45) is 0 Å². The van der Waals surface area contributed by atoms with Gasteiger partial charge in [-0.25, -0.2) is 4.39 Å². The number of hydrogen-bond acceptors (Lipinski definition) is 4. The molecule has 2 aromatic carbocycles. The first kappa shape index (κ1) is 20.7. The maximum absolute atomic E-state index is 13.9. The third-order valence-electron chi connectivity index (χ3n) is 5.80. The van der Waals surface area contributed by atoms with E-state index in [0.29, 0.717) is 49.0 Å². The first-order valence-electron chi connectivity index (χ1n) is 10.2. The summed E-state index contributed by atoms with van der Waals surface area (Å²) >= 11 is 0. The molecule has 1 saturated heterocycles. The van der Waals surface area contributed by atoms with Crippen LogP contribution in [0, 0.1) is 17.1 Å². The topological polar surface area (TPSA) is 77.2 Å². The predicted molar refractivity (Wildman–Crippen MR) is 115 cm³/mol. The lowest BCUT2D eigenvalue weighted by Crippen LogP contribution is -2.47. The van der Waals surface area contributed by atoms with E-state index in [1.807, 2.05) is 12.1 Å². The maximum atomic E-state index is 13.9. The van der Waals surface area contributed by atoms with Gasteiger partial charge in [0.1, 0.15) is 5.82 Å². The van der Waals surface area contributed by atoms with Crippen LogP contribution in [-0.2, 0) is 6.42 Å². The minimum Gasteiger partial charge on any atom is -0.389 e. The number of benzene rings is 2. The fourth-order valence-electron chi connectivity index (χ4n) is 4.02. The second-order valence-electron chi connectivity index (χ2n) is 7.93. The van der Waals surface area contributed by atoms with Crippen LogP contribution >= 0.6 is 0 Å². The highest BCUT2D eigenvalue weighted by Gasteiger charge is 2.34. The van der Waals surface area contributed by atoms with Gasteiger partial charge in [-0.3, -0.25) is 9.78 Å². The average Bonchev–Trinajstić information content (AvgIpc) is 2.80. The average molecular weight is 415 g/mol. The first-order valence-corrected chi connectivity index (χ1v) is 10.2. The van der Waals surface area contributed by atoms with E-state index in [9.17, 15) is 14.3 Å². The van der Waals surface area contributed by atoms with Crippen LogP contribution in [0.5, 0.6) is 0 Å². The van der Waals surface area contributed by atoms with E-state index >= 15 is 0 Å². The Kier molecular flexibility index (Phi) is 5.79. The zero-order valence-electron chi connectivity index (χ0n) is 17.0. The lowest BCUT2D eigenvalue weighted by atomic mass is 9.85. The normalized spacial score (nSPS) is 15.3. The number of piperidine rings is 1. The van der Waals surface area contributed by atoms with E-state index in [2.05, 4.69) is 11.1 Å². The molecule has 1 aliphatic rings. The standard InChI is InChI=1S/C25H22FN3O2/c26-21-5-6-22(23(15-21)20-7-11-28-12-8-20)24(30)29-13-9-25(31,10-14-29)16-18-1-3-19(17-27)4-2-18/h1-8,11-12,15,31H,9-10,13-14,16H2. The van der Waals surface area contributed by atoms with Crippen LogP contribution in [0.25, 0.3) is 11.1 Å². The Morgan fingerprint density at radius 1 is 1.10 bits per heavy atom. The van der Waals surface area contributed by atoms with Gasteiger partial charge in [-0.1, -0.05) is 12.1 Å². The summed E-state index contributed by atoms with van der Waals surface area (Å²) in [6.07, 6.45) is 4.59. The van der Waals surface area contributed by atoms with Gasteiger partial charge in [-0.2, -0.15) is 5.26 Å². The Balaban J connectivity index is 1.48. The van der Waals surface area contributed by atoms with Crippen molar-refractivity contribution in [3.63, 3.8) is 0 Å². The maximum Gasteiger partial charge on any atom is 0.254 e. The van der Waals surface area contributed by atoms with Gasteiger partial charge in [0, 0.05) is 37.5 Å². The Morgan fingerprint density at radius 3 is 2.42 bits per heavy atom. The molecule has 4 rings (SSSR count). The molecule has 5 nitrogen and oxygen atoms in total. The number of aliphatic hydroxyl groups is 1. The van der Waals surface area contributed by atoms with Gasteiger partial charge in [0.25, 0.3) is 5.91 Å². The van der Waals surface area contributed by atoms with Crippen molar-refractivity contribution in [3.05, 3.63) is 89.5 Å². The number of carbonyl (C=O) groups is 1. The third kappa shape index (κ3) is 4.62. The van der Waals surface area contributed by atoms with E-state index in [0.717, 1.165) is 11.1 Å². The van der Waals surface area contributed by atoms with E-state index in [-0.39, 0.29) is 5.91 Å². The summed E-state index contributed by atoms with van der Waals surface area (Å²) < 4.78 is 13.9. The van der Waals surface area contributed by atoms with Crippen molar-refractivity contribution in [2.75, 3.05) is 13.1 Å². The van der Waals surface area contributed by atoms with Crippen molar-refractivity contribution in [2.45, 2.75) is 24.9 Å². The summed E-state index contributed by atoms with van der Waals surface area (Å²) in [6.45, 7) is 0.831. The summed E-state index contributed by atoms with van der Waals surface area (Å²) in [4.78, 5) is 18.9. The monoisotopic (exact) mass is 415 g/mol. The number of nitriles is 1. The summed E-state index contributed by atoms with van der Waals surface area (Å²) in [5, 5.41) is 20.0. The molecule has 31 heavy (non-hydrogen) atoms. The van der Waals surface area contributed by atoms with E-state index in [1.54, 1.807) is 41.6 Å². The van der Waals surface area contributed by atoms with Gasteiger partial charge in [-0.15, -0.1) is 0 Å². The van der Waals surface area contributed by atoms with Crippen LogP contribution in [0.1, 0.15) is 34.3 Å². The van der Waals surface area contributed by atoms with Crippen LogP contribution in [0.2, 0.25) is 0 Å². The van der Waals surface area contributed by atoms with E-state index in [4.69, 9.17) is 5.26 Å². The molecular formula is C25H22FN3O2. The summed E-state index contributed by atoms with van der Waals surface area (Å²) in [5.41, 5.74) is 2.34. The molecule has 0 radical (unpaired) electrons. The highest BCUT2D eigenvalue weighted by Crippen LogP contribution is 2.30. The molecule has 0 aliphatic carbocycles. The van der Waals surface area contributed by atoms with Gasteiger partial charge >= 0.3 is 0 Å². The summed E-state index contributed by atoms with van der Waals surface area (Å²) in [7, 11) is 0. The number of hydrogen-bond donors (Lipinski definition) is 1. The number of amides is 1. The highest BCUT2D eigenvalue weighted by atomic mass is 19.1. The molecule has 0 spiro atoms. The molecule has 1 N–H and O–H groups in total. The summed E-state index contributed by atoms with van der Waals surface area (Å²) in [6, 6.07) is 17.0. The largest absolute Gasteiger partial charge is 0.389 e. The molecule has 6 heteroatoms. The lowest BCUT2D eigenvalue weighted by molar-refractivity contribution is -0.0162. The van der Waals surface area contributed by atoms with Crippen molar-refractivity contribution >= 4 is 5.91 Å².